The number of hydrogen-bond donors (Lipinski definition) is 0. The molecule has 0 saturated carbocycles. The zero-order valence-corrected chi connectivity index (χ0v) is 13.8. The molecule has 0 aliphatic rings. The van der Waals surface area contributed by atoms with Crippen molar-refractivity contribution in [3.8, 4) is 29.8 Å². The Kier molecular flexibility index (Phi) is 7.07. The maximum absolute atomic E-state index is 8.63. The Hall–Kier alpha value is -3.09. The van der Waals surface area contributed by atoms with Crippen molar-refractivity contribution in [3.63, 3.8) is 0 Å². The molecule has 2 rings (SSSR count). The first kappa shape index (κ1) is 17.3. The van der Waals surface area contributed by atoms with E-state index in [4.69, 9.17) is 5.26 Å². The number of aryl methyl sites for hydroxylation is 1. The van der Waals surface area contributed by atoms with Crippen LogP contribution in [0.25, 0.3) is 0 Å². The summed E-state index contributed by atoms with van der Waals surface area (Å²) in [5, 5.41) is 8.63. The largest absolute Gasteiger partial charge is 0.232 e. The van der Waals surface area contributed by atoms with Crippen molar-refractivity contribution in [2.24, 2.45) is 0 Å². The fourth-order valence-corrected chi connectivity index (χ4v) is 2.17. The van der Waals surface area contributed by atoms with Crippen LogP contribution in [0.3, 0.4) is 0 Å². The molecule has 1 heterocycles. The number of hydrogen-bond acceptors (Lipinski definition) is 3. The van der Waals surface area contributed by atoms with E-state index in [9.17, 15) is 0 Å². The molecule has 24 heavy (non-hydrogen) atoms. The molecule has 0 fully saturated rings. The first-order valence-electron chi connectivity index (χ1n) is 8.15. The van der Waals surface area contributed by atoms with Crippen molar-refractivity contribution in [1.29, 1.82) is 5.26 Å². The van der Waals surface area contributed by atoms with Crippen LogP contribution in [0.5, 0.6) is 0 Å². The van der Waals surface area contributed by atoms with Crippen LogP contribution in [0, 0.1) is 35.0 Å². The van der Waals surface area contributed by atoms with Gasteiger partial charge in [-0.3, -0.25) is 0 Å². The lowest BCUT2D eigenvalue weighted by atomic mass is 10.0. The van der Waals surface area contributed by atoms with Crippen LogP contribution < -0.4 is 0 Å². The maximum Gasteiger partial charge on any atom is 0.232 e. The summed E-state index contributed by atoms with van der Waals surface area (Å²) in [4.78, 5) is 7.71. The number of rotatable bonds is 5. The van der Waals surface area contributed by atoms with E-state index in [1.54, 1.807) is 0 Å². The minimum absolute atomic E-state index is 0.140. The molecule has 0 unspecified atom stereocenters. The molecule has 0 spiro atoms. The highest BCUT2D eigenvalue weighted by Gasteiger charge is 1.94. The fourth-order valence-electron chi connectivity index (χ4n) is 2.17. The summed E-state index contributed by atoms with van der Waals surface area (Å²) < 4.78 is 0. The second-order valence-corrected chi connectivity index (χ2v) is 5.41. The van der Waals surface area contributed by atoms with Crippen molar-refractivity contribution < 1.29 is 0 Å². The quantitative estimate of drug-likeness (QED) is 0.622. The average Bonchev–Trinajstić information content (AvgIpc) is 2.64. The molecule has 0 saturated heterocycles. The van der Waals surface area contributed by atoms with Gasteiger partial charge in [-0.2, -0.15) is 5.26 Å². The maximum atomic E-state index is 8.63. The zero-order valence-electron chi connectivity index (χ0n) is 13.8. The van der Waals surface area contributed by atoms with Crippen LogP contribution >= 0.6 is 0 Å². The molecule has 0 radical (unpaired) electrons. The van der Waals surface area contributed by atoms with E-state index >= 15 is 0 Å². The summed E-state index contributed by atoms with van der Waals surface area (Å²) in [5.74, 6) is 11.6. The van der Waals surface area contributed by atoms with E-state index in [1.165, 1.54) is 43.6 Å². The molecule has 0 aliphatic carbocycles. The van der Waals surface area contributed by atoms with E-state index in [1.807, 2.05) is 18.2 Å². The molecular weight excluding hydrogens is 294 g/mol. The van der Waals surface area contributed by atoms with Crippen molar-refractivity contribution in [2.45, 2.75) is 39.0 Å². The Balaban J connectivity index is 1.89. The zero-order chi connectivity index (χ0) is 17.0. The molecule has 118 valence electrons. The van der Waals surface area contributed by atoms with Crippen molar-refractivity contribution in [2.75, 3.05) is 0 Å². The number of benzene rings is 1. The molecule has 3 nitrogen and oxygen atoms in total. The fraction of sp³-hybridized carbons (Fsp3) is 0.286. The van der Waals surface area contributed by atoms with Crippen LogP contribution in [0.1, 0.15) is 55.1 Å². The standard InChI is InChI=1S/C21H19N3/c1-2-3-4-5-8-18-11-13-19(14-12-18)9-6-7-10-20-16-23-21(15-22)24-17-20/h11-14,16-17H,2-5,8H2,1H3. The Labute approximate surface area is 143 Å². The van der Waals surface area contributed by atoms with E-state index in [0.717, 1.165) is 12.0 Å². The van der Waals surface area contributed by atoms with Gasteiger partial charge >= 0.3 is 0 Å². The summed E-state index contributed by atoms with van der Waals surface area (Å²) in [6, 6.07) is 10.2. The Morgan fingerprint density at radius 1 is 0.875 bits per heavy atom. The van der Waals surface area contributed by atoms with Crippen LogP contribution in [-0.4, -0.2) is 9.97 Å². The van der Waals surface area contributed by atoms with Crippen molar-refractivity contribution >= 4 is 0 Å². The lowest BCUT2D eigenvalue weighted by Crippen LogP contribution is -1.88. The number of nitrogens with zero attached hydrogens (tertiary/aromatic N) is 3. The lowest BCUT2D eigenvalue weighted by molar-refractivity contribution is 0.667. The molecule has 0 aliphatic heterocycles. The van der Waals surface area contributed by atoms with Crippen LogP contribution in [-0.2, 0) is 6.42 Å². The van der Waals surface area contributed by atoms with E-state index in [-0.39, 0.29) is 5.82 Å². The van der Waals surface area contributed by atoms with Crippen LogP contribution in [0.2, 0.25) is 0 Å². The summed E-state index contributed by atoms with van der Waals surface area (Å²) in [7, 11) is 0. The van der Waals surface area contributed by atoms with Gasteiger partial charge in [0.25, 0.3) is 0 Å². The van der Waals surface area contributed by atoms with Gasteiger partial charge in [-0.1, -0.05) is 44.2 Å². The third-order valence-corrected chi connectivity index (χ3v) is 3.50. The van der Waals surface area contributed by atoms with Gasteiger partial charge in [0.15, 0.2) is 0 Å². The highest BCUT2D eigenvalue weighted by atomic mass is 14.9. The second kappa shape index (κ2) is 9.83. The normalized spacial score (nSPS) is 9.17. The van der Waals surface area contributed by atoms with E-state index in [2.05, 4.69) is 52.7 Å². The number of aromatic nitrogens is 2. The minimum Gasteiger partial charge on any atom is -0.226 e. The Morgan fingerprint density at radius 2 is 1.54 bits per heavy atom. The topological polar surface area (TPSA) is 49.6 Å². The van der Waals surface area contributed by atoms with Gasteiger partial charge in [-0.25, -0.2) is 9.97 Å². The molecule has 0 atom stereocenters. The van der Waals surface area contributed by atoms with Gasteiger partial charge in [-0.15, -0.1) is 0 Å². The predicted molar refractivity (Wildman–Crippen MR) is 94.8 cm³/mol. The summed E-state index contributed by atoms with van der Waals surface area (Å²) in [6.45, 7) is 2.23. The summed E-state index contributed by atoms with van der Waals surface area (Å²) >= 11 is 0. The lowest BCUT2D eigenvalue weighted by Gasteiger charge is -2.01. The van der Waals surface area contributed by atoms with Gasteiger partial charge in [0.1, 0.15) is 6.07 Å². The molecule has 0 bridgehead atoms. The smallest absolute Gasteiger partial charge is 0.226 e. The molecule has 0 amide bonds. The molecular formula is C21H19N3. The second-order valence-electron chi connectivity index (χ2n) is 5.41. The number of nitriles is 1. The van der Waals surface area contributed by atoms with Crippen LogP contribution in [0.4, 0.5) is 0 Å². The Bertz CT molecular complexity index is 804. The Morgan fingerprint density at radius 3 is 2.17 bits per heavy atom. The van der Waals surface area contributed by atoms with Gasteiger partial charge < -0.3 is 0 Å². The monoisotopic (exact) mass is 313 g/mol. The molecule has 1 aromatic carbocycles. The van der Waals surface area contributed by atoms with Gasteiger partial charge in [0.2, 0.25) is 5.82 Å². The SMILES string of the molecule is CCCCCCc1ccc(C#CC#Cc2cnc(C#N)nc2)cc1. The molecule has 1 aromatic heterocycles. The number of unbranched alkanes of at least 4 members (excludes halogenated alkanes) is 3. The van der Waals surface area contributed by atoms with E-state index < -0.39 is 0 Å². The first-order valence-corrected chi connectivity index (χ1v) is 8.15. The minimum atomic E-state index is 0.140. The molecule has 0 N–H and O–H groups in total. The third kappa shape index (κ3) is 5.96. The average molecular weight is 313 g/mol. The van der Waals surface area contributed by atoms with Gasteiger partial charge in [0, 0.05) is 18.0 Å². The molecule has 2 aromatic rings. The van der Waals surface area contributed by atoms with Crippen molar-refractivity contribution in [1.82, 2.24) is 9.97 Å². The summed E-state index contributed by atoms with van der Waals surface area (Å²) in [5.41, 5.74) is 2.96. The highest BCUT2D eigenvalue weighted by Crippen LogP contribution is 2.09. The van der Waals surface area contributed by atoms with Crippen LogP contribution in [0.15, 0.2) is 36.7 Å². The first-order chi connectivity index (χ1) is 11.8. The predicted octanol–water partition coefficient (Wildman–Crippen LogP) is 3.87. The van der Waals surface area contributed by atoms with Gasteiger partial charge in [-0.05, 0) is 48.3 Å². The highest BCUT2D eigenvalue weighted by molar-refractivity contribution is 5.44. The van der Waals surface area contributed by atoms with Crippen molar-refractivity contribution in [3.05, 3.63) is 59.2 Å². The molecule has 3 heteroatoms. The third-order valence-electron chi connectivity index (χ3n) is 3.50. The van der Waals surface area contributed by atoms with E-state index in [0.29, 0.717) is 5.56 Å². The van der Waals surface area contributed by atoms with Gasteiger partial charge in [0.05, 0.1) is 5.56 Å². The summed E-state index contributed by atoms with van der Waals surface area (Å²) in [6.07, 6.45) is 9.30.